The molecule has 0 aliphatic carbocycles. The molecule has 144 valence electrons. The van der Waals surface area contributed by atoms with E-state index in [0.717, 1.165) is 23.4 Å². The van der Waals surface area contributed by atoms with E-state index in [4.69, 9.17) is 4.74 Å². The average molecular weight is 374 g/mol. The lowest BCUT2D eigenvalue weighted by molar-refractivity contribution is 0.0526. The van der Waals surface area contributed by atoms with Crippen molar-refractivity contribution in [3.63, 3.8) is 0 Å². The Labute approximate surface area is 166 Å². The summed E-state index contributed by atoms with van der Waals surface area (Å²) in [5.74, 6) is -0.325. The molecule has 1 heterocycles. The number of para-hydroxylation sites is 1. The molecule has 0 radical (unpaired) electrons. The van der Waals surface area contributed by atoms with Crippen LogP contribution in [0.4, 0.5) is 5.69 Å². The highest BCUT2D eigenvalue weighted by Crippen LogP contribution is 2.24. The first-order valence-corrected chi connectivity index (χ1v) is 9.63. The Hall–Kier alpha value is -3.14. The molecule has 3 aromatic rings. The quantitative estimate of drug-likeness (QED) is 0.417. The highest BCUT2D eigenvalue weighted by atomic mass is 16.5. The van der Waals surface area contributed by atoms with Gasteiger partial charge in [-0.05, 0) is 63.1 Å². The molecule has 0 unspecified atom stereocenters. The van der Waals surface area contributed by atoms with Crippen LogP contribution in [0.5, 0.6) is 0 Å². The summed E-state index contributed by atoms with van der Waals surface area (Å²) >= 11 is 0. The third-order valence-electron chi connectivity index (χ3n) is 4.79. The number of esters is 1. The predicted octanol–water partition coefficient (Wildman–Crippen LogP) is 5.58. The summed E-state index contributed by atoms with van der Waals surface area (Å²) in [6.45, 7) is 8.55. The predicted molar refractivity (Wildman–Crippen MR) is 114 cm³/mol. The van der Waals surface area contributed by atoms with Crippen molar-refractivity contribution in [1.29, 1.82) is 0 Å². The first kappa shape index (κ1) is 19.6. The van der Waals surface area contributed by atoms with E-state index in [1.165, 1.54) is 16.9 Å². The molecule has 0 fully saturated rings. The Morgan fingerprint density at radius 1 is 1.07 bits per heavy atom. The average Bonchev–Trinajstić information content (AvgIpc) is 3.00. The second-order valence-corrected chi connectivity index (χ2v) is 6.67. The Balaban J connectivity index is 1.92. The minimum Gasteiger partial charge on any atom is -0.462 e. The first-order valence-electron chi connectivity index (χ1n) is 9.63. The number of benzene rings is 2. The van der Waals surface area contributed by atoms with Gasteiger partial charge in [0.25, 0.3) is 0 Å². The van der Waals surface area contributed by atoms with Crippen molar-refractivity contribution in [1.82, 2.24) is 4.57 Å². The van der Waals surface area contributed by atoms with Gasteiger partial charge in [-0.15, -0.1) is 0 Å². The third kappa shape index (κ3) is 4.06. The van der Waals surface area contributed by atoms with Crippen molar-refractivity contribution in [2.24, 2.45) is 4.99 Å². The van der Waals surface area contributed by atoms with E-state index in [-0.39, 0.29) is 5.97 Å². The largest absolute Gasteiger partial charge is 0.462 e. The summed E-state index contributed by atoms with van der Waals surface area (Å²) in [4.78, 5) is 16.5. The smallest absolute Gasteiger partial charge is 0.338 e. The van der Waals surface area contributed by atoms with Crippen LogP contribution in [0.25, 0.3) is 5.69 Å². The molecule has 4 nitrogen and oxygen atoms in total. The van der Waals surface area contributed by atoms with E-state index >= 15 is 0 Å². The van der Waals surface area contributed by atoms with Crippen LogP contribution in [0, 0.1) is 13.8 Å². The Morgan fingerprint density at radius 2 is 1.86 bits per heavy atom. The molecule has 28 heavy (non-hydrogen) atoms. The fourth-order valence-electron chi connectivity index (χ4n) is 3.39. The summed E-state index contributed by atoms with van der Waals surface area (Å²) in [5, 5.41) is 0. The number of aliphatic imine (C=N–C) groups is 1. The van der Waals surface area contributed by atoms with E-state index in [1.54, 1.807) is 19.1 Å². The molecule has 0 saturated heterocycles. The van der Waals surface area contributed by atoms with Gasteiger partial charge in [-0.1, -0.05) is 31.2 Å². The number of aryl methyl sites for hydroxylation is 2. The van der Waals surface area contributed by atoms with Crippen LogP contribution in [0.1, 0.15) is 46.7 Å². The summed E-state index contributed by atoms with van der Waals surface area (Å²) in [6, 6.07) is 17.8. The van der Waals surface area contributed by atoms with Gasteiger partial charge in [0.2, 0.25) is 0 Å². The number of nitrogens with zero attached hydrogens (tertiary/aromatic N) is 2. The highest BCUT2D eigenvalue weighted by Gasteiger charge is 2.12. The SMILES string of the molecule is CCOC(=O)c1cccc(N=Cc2cc(C)n(-c3ccccc3CC)c2C)c1. The molecule has 0 atom stereocenters. The van der Waals surface area contributed by atoms with Crippen LogP contribution < -0.4 is 0 Å². The fourth-order valence-corrected chi connectivity index (χ4v) is 3.39. The van der Waals surface area contributed by atoms with Crippen molar-refractivity contribution in [2.75, 3.05) is 6.61 Å². The maximum absolute atomic E-state index is 11.9. The fraction of sp³-hybridized carbons (Fsp3) is 0.250. The maximum atomic E-state index is 11.9. The molecular formula is C24H26N2O2. The molecule has 0 aliphatic rings. The molecule has 0 saturated carbocycles. The van der Waals surface area contributed by atoms with Crippen LogP contribution >= 0.6 is 0 Å². The second-order valence-electron chi connectivity index (χ2n) is 6.67. The number of ether oxygens (including phenoxy) is 1. The summed E-state index contributed by atoms with van der Waals surface area (Å²) in [5.41, 5.74) is 7.14. The Kier molecular flexibility index (Phi) is 6.09. The van der Waals surface area contributed by atoms with Crippen molar-refractivity contribution in [2.45, 2.75) is 34.1 Å². The summed E-state index contributed by atoms with van der Waals surface area (Å²) in [7, 11) is 0. The zero-order valence-corrected chi connectivity index (χ0v) is 16.9. The van der Waals surface area contributed by atoms with E-state index < -0.39 is 0 Å². The maximum Gasteiger partial charge on any atom is 0.338 e. The first-order chi connectivity index (χ1) is 13.5. The standard InChI is InChI=1S/C24H26N2O2/c1-5-19-10-7-8-13-23(19)26-17(3)14-21(18(26)4)16-25-22-12-9-11-20(15-22)24(27)28-6-2/h7-16H,5-6H2,1-4H3. The van der Waals surface area contributed by atoms with Gasteiger partial charge >= 0.3 is 5.97 Å². The van der Waals surface area contributed by atoms with Crippen LogP contribution in [-0.4, -0.2) is 23.4 Å². The zero-order chi connectivity index (χ0) is 20.1. The lowest BCUT2D eigenvalue weighted by Gasteiger charge is -2.13. The van der Waals surface area contributed by atoms with Gasteiger partial charge < -0.3 is 9.30 Å². The number of aromatic nitrogens is 1. The molecule has 0 N–H and O–H groups in total. The van der Waals surface area contributed by atoms with Gasteiger partial charge in [0.15, 0.2) is 0 Å². The Bertz CT molecular complexity index is 1020. The van der Waals surface area contributed by atoms with Crippen LogP contribution in [0.3, 0.4) is 0 Å². The molecule has 4 heteroatoms. The topological polar surface area (TPSA) is 43.6 Å². The van der Waals surface area contributed by atoms with E-state index in [1.807, 2.05) is 18.3 Å². The summed E-state index contributed by atoms with van der Waals surface area (Å²) < 4.78 is 7.33. The van der Waals surface area contributed by atoms with Gasteiger partial charge in [0, 0.05) is 28.9 Å². The van der Waals surface area contributed by atoms with Crippen molar-refractivity contribution >= 4 is 17.9 Å². The van der Waals surface area contributed by atoms with E-state index in [9.17, 15) is 4.79 Å². The minimum atomic E-state index is -0.325. The van der Waals surface area contributed by atoms with E-state index in [0.29, 0.717) is 12.2 Å². The van der Waals surface area contributed by atoms with Gasteiger partial charge in [-0.2, -0.15) is 0 Å². The van der Waals surface area contributed by atoms with Crippen molar-refractivity contribution in [3.05, 3.63) is 82.7 Å². The molecule has 2 aromatic carbocycles. The second kappa shape index (κ2) is 8.70. The molecular weight excluding hydrogens is 348 g/mol. The molecule has 1 aromatic heterocycles. The van der Waals surface area contributed by atoms with Gasteiger partial charge in [-0.3, -0.25) is 4.99 Å². The molecule has 0 bridgehead atoms. The zero-order valence-electron chi connectivity index (χ0n) is 16.9. The van der Waals surface area contributed by atoms with Crippen molar-refractivity contribution < 1.29 is 9.53 Å². The van der Waals surface area contributed by atoms with Gasteiger partial charge in [0.05, 0.1) is 17.9 Å². The number of hydrogen-bond donors (Lipinski definition) is 0. The lowest BCUT2D eigenvalue weighted by Crippen LogP contribution is -2.03. The summed E-state index contributed by atoms with van der Waals surface area (Å²) in [6.07, 6.45) is 2.84. The number of carbonyl (C=O) groups is 1. The molecule has 0 aliphatic heterocycles. The van der Waals surface area contributed by atoms with E-state index in [2.05, 4.69) is 60.7 Å². The third-order valence-corrected chi connectivity index (χ3v) is 4.79. The normalized spacial score (nSPS) is 11.1. The van der Waals surface area contributed by atoms with Crippen LogP contribution in [0.2, 0.25) is 0 Å². The van der Waals surface area contributed by atoms with Crippen molar-refractivity contribution in [3.8, 4) is 5.69 Å². The van der Waals surface area contributed by atoms with Crippen LogP contribution in [-0.2, 0) is 11.2 Å². The lowest BCUT2D eigenvalue weighted by atomic mass is 10.1. The number of carbonyl (C=O) groups excluding carboxylic acids is 1. The number of hydrogen-bond acceptors (Lipinski definition) is 3. The molecule has 0 amide bonds. The highest BCUT2D eigenvalue weighted by molar-refractivity contribution is 5.91. The van der Waals surface area contributed by atoms with Gasteiger partial charge in [0.1, 0.15) is 0 Å². The minimum absolute atomic E-state index is 0.325. The monoisotopic (exact) mass is 374 g/mol. The number of rotatable bonds is 6. The van der Waals surface area contributed by atoms with Gasteiger partial charge in [-0.25, -0.2) is 4.79 Å². The molecule has 0 spiro atoms. The van der Waals surface area contributed by atoms with Crippen LogP contribution in [0.15, 0.2) is 59.6 Å². The Morgan fingerprint density at radius 3 is 2.61 bits per heavy atom. The molecule has 3 rings (SSSR count).